The van der Waals surface area contributed by atoms with Crippen molar-refractivity contribution in [3.8, 4) is 0 Å². The van der Waals surface area contributed by atoms with Crippen LogP contribution in [0.2, 0.25) is 0 Å². The van der Waals surface area contributed by atoms with Gasteiger partial charge in [0.2, 0.25) is 12.6 Å². The minimum atomic E-state index is -2.61. The second-order valence-corrected chi connectivity index (χ2v) is 33.8. The first-order valence-corrected chi connectivity index (χ1v) is 42.7. The number of hydrogen-bond donors (Lipinski definition) is 9. The summed E-state index contributed by atoms with van der Waals surface area (Å²) in [5.74, 6) is -14.9. The van der Waals surface area contributed by atoms with Crippen molar-refractivity contribution in [1.82, 2.24) is 19.6 Å². The van der Waals surface area contributed by atoms with E-state index >= 15 is 0 Å². The molecule has 0 radical (unpaired) electrons. The highest BCUT2D eigenvalue weighted by molar-refractivity contribution is 9.09. The normalized spacial score (nSPS) is 29.6. The smallest absolute Gasteiger partial charge is 0.360 e. The lowest BCUT2D eigenvalue weighted by atomic mass is 9.94. The van der Waals surface area contributed by atoms with Crippen LogP contribution < -0.4 is 5.73 Å². The van der Waals surface area contributed by atoms with Gasteiger partial charge in [0, 0.05) is 69.2 Å². The van der Waals surface area contributed by atoms with Crippen molar-refractivity contribution in [2.45, 2.75) is 225 Å². The Balaban J connectivity index is 0.000000197. The van der Waals surface area contributed by atoms with Crippen LogP contribution in [0.1, 0.15) is 152 Å². The quantitative estimate of drug-likeness (QED) is 0.0202. The zero-order valence-electron chi connectivity index (χ0n) is 73.0. The Labute approximate surface area is 792 Å². The average Bonchev–Trinajstić information content (AvgIpc) is 1.57. The first-order chi connectivity index (χ1) is 63.9. The fourth-order valence-electron chi connectivity index (χ4n) is 15.4. The van der Waals surface area contributed by atoms with Gasteiger partial charge in [0.15, 0.2) is 49.2 Å². The summed E-state index contributed by atoms with van der Waals surface area (Å²) in [4.78, 5) is 237. The van der Waals surface area contributed by atoms with Crippen molar-refractivity contribution in [3.05, 3.63) is 142 Å². The molecule has 48 nitrogen and oxygen atoms in total. The van der Waals surface area contributed by atoms with Crippen molar-refractivity contribution in [1.29, 1.82) is 0 Å². The highest BCUT2D eigenvalue weighted by Crippen LogP contribution is 2.42. The van der Waals surface area contributed by atoms with Crippen molar-refractivity contribution in [2.24, 2.45) is 5.73 Å². The van der Waals surface area contributed by atoms with Gasteiger partial charge in [-0.2, -0.15) is 0 Å². The van der Waals surface area contributed by atoms with Crippen LogP contribution in [0, 0.1) is 0 Å². The molecule has 5 saturated heterocycles. The summed E-state index contributed by atoms with van der Waals surface area (Å²) < 4.78 is 81.9. The van der Waals surface area contributed by atoms with Crippen LogP contribution in [0.25, 0.3) is 0 Å². The van der Waals surface area contributed by atoms with E-state index in [0.29, 0.717) is 9.80 Å². The van der Waals surface area contributed by atoms with Gasteiger partial charge in [-0.3, -0.25) is 106 Å². The number of aliphatic hydroxyl groups is 8. The number of alkyl halides is 4. The number of ether oxygens (including phenoxy) is 16. The second-order valence-electron chi connectivity index (χ2n) is 30.6. The van der Waals surface area contributed by atoms with Crippen molar-refractivity contribution < 1.29 is 208 Å². The summed E-state index contributed by atoms with van der Waals surface area (Å²) in [6.45, 7) is 8.58. The number of hydrogen-bond acceptors (Lipinski definition) is 44. The van der Waals surface area contributed by atoms with Gasteiger partial charge in [-0.05, 0) is 48.5 Å². The van der Waals surface area contributed by atoms with E-state index in [-0.39, 0.29) is 51.1 Å². The number of esters is 11. The Morgan fingerprint density at radius 3 is 0.838 bits per heavy atom. The maximum atomic E-state index is 13.3. The number of carbonyl (C=O) groups is 19. The standard InChI is InChI=1S/C22H20Cl3NO11.C22H23NO11.C20H20BrNO9.C14H15NO7.C6H13NO5/c1-9(27)33-8-14-16(34-10(2)28)17(35-11(3)29)15(20(36-14)37-21(32)22(23,24)25)26-18(30)12-6-4-5-7-13(12)19(26)31;1-10(24)30-9-16-18(31-11(2)25)19(32-12(3)26)17(22(34-16)33-13(4)27)23-20(28)14-7-5-6-8-15(14)21(23)29;1-9(23)28-8-14-16(29-10(2)24)17(30-11(3)25)15(18(21)31-14)22-19(26)12-6-4-5-7-13(12)20(22)27;16-5-8-10(17)11(18)9(14(21)22-8)15-12(19)6-3-1-2-4-7(6)13(15)20;7-3-5(10)4(9)2(1-8)12-6(3)11/h4-7,14-17,20H,8H2,1-3H3;5-8,16-19,22H,9H2,1-4H3;4-7,14-18H,8H2,1-3H3;1-4,8-11,14,16-18,21H,5H2;2-6,8-11H,1,7H2. The molecule has 9 heterocycles. The Hall–Kier alpha value is -11.6. The molecular weight excluding hydrogens is 1950 g/mol. The van der Waals surface area contributed by atoms with Crippen LogP contribution in [0.15, 0.2) is 97.1 Å². The molecule has 738 valence electrons. The molecule has 8 amide bonds. The van der Waals surface area contributed by atoms with Gasteiger partial charge in [0.1, 0.15) is 104 Å². The van der Waals surface area contributed by atoms with Gasteiger partial charge >= 0.3 is 65.7 Å². The molecule has 4 aromatic rings. The summed E-state index contributed by atoms with van der Waals surface area (Å²) in [7, 11) is 0. The first-order valence-electron chi connectivity index (χ1n) is 40.6. The van der Waals surface area contributed by atoms with Gasteiger partial charge in [-0.25, -0.2) is 4.79 Å². The second kappa shape index (κ2) is 46.5. The molecule has 4 aromatic carbocycles. The van der Waals surface area contributed by atoms with Gasteiger partial charge in [-0.1, -0.05) is 99.3 Å². The van der Waals surface area contributed by atoms with Gasteiger partial charge < -0.3 is 122 Å². The maximum absolute atomic E-state index is 13.3. The topological polar surface area (TPSA) is 673 Å². The van der Waals surface area contributed by atoms with Crippen LogP contribution in [0.3, 0.4) is 0 Å². The lowest BCUT2D eigenvalue weighted by molar-refractivity contribution is -0.279. The fourth-order valence-corrected chi connectivity index (χ4v) is 16.3. The number of rotatable bonds is 20. The average molecular weight is 2040 g/mol. The molecule has 13 rings (SSSR count). The van der Waals surface area contributed by atoms with Crippen LogP contribution >= 0.6 is 50.7 Å². The third-order valence-electron chi connectivity index (χ3n) is 21.0. The lowest BCUT2D eigenvalue weighted by Gasteiger charge is -2.46. The number of carbonyl (C=O) groups excluding carboxylic acids is 19. The molecule has 9 aliphatic heterocycles. The molecule has 25 unspecified atom stereocenters. The van der Waals surface area contributed by atoms with E-state index in [9.17, 15) is 117 Å². The van der Waals surface area contributed by atoms with Crippen LogP contribution in [-0.4, -0.2) is 362 Å². The number of nitrogens with zero attached hydrogens (tertiary/aromatic N) is 4. The molecule has 0 bridgehead atoms. The van der Waals surface area contributed by atoms with Crippen LogP contribution in [-0.2, 0) is 129 Å². The zero-order valence-corrected chi connectivity index (χ0v) is 76.8. The largest absolute Gasteiger partial charge is 0.463 e. The molecule has 52 heteroatoms. The molecule has 0 aliphatic carbocycles. The summed E-state index contributed by atoms with van der Waals surface area (Å²) >= 11 is 20.2. The van der Waals surface area contributed by atoms with E-state index in [0.717, 1.165) is 72.1 Å². The van der Waals surface area contributed by atoms with Gasteiger partial charge in [0.05, 0.1) is 63.8 Å². The molecule has 136 heavy (non-hydrogen) atoms. The van der Waals surface area contributed by atoms with E-state index in [1.54, 1.807) is 36.4 Å². The van der Waals surface area contributed by atoms with Gasteiger partial charge in [-0.15, -0.1) is 0 Å². The molecule has 9 aliphatic rings. The minimum Gasteiger partial charge on any atom is -0.463 e. The Kier molecular flexibility index (Phi) is 36.9. The zero-order chi connectivity index (χ0) is 101. The van der Waals surface area contributed by atoms with Crippen molar-refractivity contribution in [2.75, 3.05) is 33.0 Å². The Morgan fingerprint density at radius 2 is 0.566 bits per heavy atom. The fraction of sp³-hybridized carbons (Fsp3) is 0.488. The number of fused-ring (bicyclic) bond motifs is 4. The summed E-state index contributed by atoms with van der Waals surface area (Å²) in [5, 5.41) is 74.1. The molecular formula is C84H91BrCl3N5O43. The maximum Gasteiger partial charge on any atom is 0.360 e. The first kappa shape index (κ1) is 108. The molecule has 0 saturated carbocycles. The number of amides is 8. The number of aliphatic hydroxyl groups excluding tert-OH is 8. The summed E-state index contributed by atoms with van der Waals surface area (Å²) in [6.07, 6.45) is -26.8. The number of halogens is 4. The SMILES string of the molecule is CC(=O)OCC1OC(Br)C(N2C(=O)c3ccccc3C2=O)C(OC(C)=O)C1OC(C)=O.CC(=O)OCC1OC(OC(=O)C(Cl)(Cl)Cl)C(N2C(=O)c3ccccc3C2=O)C(OC(C)=O)C1OC(C)=O.CC(=O)OCC1OC(OC(C)=O)C(N2C(=O)c3ccccc3C2=O)C(OC(C)=O)C1OC(C)=O.NC1C(O)OC(CO)C(O)C1O.O=C1c2ccccc2C(=O)N1C1C(O)OC(CO)C(O)C1O. The monoisotopic (exact) mass is 2040 g/mol. The van der Waals surface area contributed by atoms with E-state index < -0.39 is 295 Å². The molecule has 5 fully saturated rings. The number of imide groups is 4. The molecule has 10 N–H and O–H groups in total. The van der Waals surface area contributed by atoms with E-state index in [1.807, 2.05) is 0 Å². The van der Waals surface area contributed by atoms with Crippen molar-refractivity contribution in [3.63, 3.8) is 0 Å². The highest BCUT2D eigenvalue weighted by atomic mass is 79.9. The van der Waals surface area contributed by atoms with Crippen LogP contribution in [0.5, 0.6) is 0 Å². The van der Waals surface area contributed by atoms with Crippen LogP contribution in [0.4, 0.5) is 0 Å². The van der Waals surface area contributed by atoms with E-state index in [2.05, 4.69) is 15.9 Å². The van der Waals surface area contributed by atoms with E-state index in [4.69, 9.17) is 132 Å². The highest BCUT2D eigenvalue weighted by Gasteiger charge is 2.63. The minimum absolute atomic E-state index is 0.00611. The molecule has 0 aromatic heterocycles. The van der Waals surface area contributed by atoms with Gasteiger partial charge in [0.25, 0.3) is 51.0 Å². The number of benzene rings is 4. The summed E-state index contributed by atoms with van der Waals surface area (Å²) in [5.41, 5.74) is 6.15. The van der Waals surface area contributed by atoms with E-state index in [1.165, 1.54) is 67.6 Å². The Bertz CT molecular complexity index is 5110. The third kappa shape index (κ3) is 24.9. The third-order valence-corrected chi connectivity index (χ3v) is 22.3. The molecule has 0 spiro atoms. The van der Waals surface area contributed by atoms with Crippen molar-refractivity contribution >= 4 is 164 Å². The predicted molar refractivity (Wildman–Crippen MR) is 447 cm³/mol. The lowest BCUT2D eigenvalue weighted by Crippen LogP contribution is -2.68. The molecule has 25 atom stereocenters. The number of nitrogens with two attached hydrogens (primary N) is 1. The Morgan fingerprint density at radius 1 is 0.324 bits per heavy atom. The predicted octanol–water partition coefficient (Wildman–Crippen LogP) is -1.89. The summed E-state index contributed by atoms with van der Waals surface area (Å²) in [6, 6.07) is 17.3.